The number of hydrogen-bond acceptors (Lipinski definition) is 5. The molecule has 29 heavy (non-hydrogen) atoms. The van der Waals surface area contributed by atoms with Gasteiger partial charge in [0.05, 0.1) is 5.52 Å². The van der Waals surface area contributed by atoms with E-state index in [1.165, 1.54) is 15.8 Å². The molecule has 0 bridgehead atoms. The predicted molar refractivity (Wildman–Crippen MR) is 127 cm³/mol. The molecule has 3 N–H and O–H groups in total. The summed E-state index contributed by atoms with van der Waals surface area (Å²) in [6.45, 7) is 6.04. The molecule has 0 radical (unpaired) electrons. The van der Waals surface area contributed by atoms with Crippen LogP contribution in [0.4, 0.5) is 11.4 Å². The van der Waals surface area contributed by atoms with Crippen molar-refractivity contribution in [1.82, 2.24) is 10.3 Å². The molecule has 0 fully saturated rings. The zero-order chi connectivity index (χ0) is 20.5. The van der Waals surface area contributed by atoms with Crippen LogP contribution >= 0.6 is 11.3 Å². The lowest BCUT2D eigenvalue weighted by molar-refractivity contribution is 1.13. The average molecular weight is 401 g/mol. The molecule has 4 rings (SSSR count). The summed E-state index contributed by atoms with van der Waals surface area (Å²) in [7, 11) is 1.89. The van der Waals surface area contributed by atoms with Gasteiger partial charge in [0.25, 0.3) is 0 Å². The van der Waals surface area contributed by atoms with Crippen molar-refractivity contribution in [2.24, 2.45) is 0 Å². The van der Waals surface area contributed by atoms with E-state index in [4.69, 9.17) is 5.41 Å². The molecular weight excluding hydrogens is 376 g/mol. The second kappa shape index (κ2) is 7.68. The fourth-order valence-corrected chi connectivity index (χ4v) is 4.44. The van der Waals surface area contributed by atoms with Crippen LogP contribution in [0.25, 0.3) is 26.7 Å². The predicted octanol–water partition coefficient (Wildman–Crippen LogP) is 6.41. The van der Waals surface area contributed by atoms with Crippen LogP contribution in [0, 0.1) is 19.3 Å². The average Bonchev–Trinajstić information content (AvgIpc) is 3.10. The summed E-state index contributed by atoms with van der Waals surface area (Å²) in [4.78, 5) is 4.61. The van der Waals surface area contributed by atoms with Crippen molar-refractivity contribution in [1.29, 1.82) is 5.41 Å². The molecule has 2 aromatic heterocycles. The van der Waals surface area contributed by atoms with Gasteiger partial charge in [-0.25, -0.2) is 0 Å². The van der Waals surface area contributed by atoms with E-state index in [9.17, 15) is 0 Å². The van der Waals surface area contributed by atoms with Crippen LogP contribution in [0.3, 0.4) is 0 Å². The summed E-state index contributed by atoms with van der Waals surface area (Å²) in [5.41, 5.74) is 8.22. The molecule has 2 aromatic carbocycles. The van der Waals surface area contributed by atoms with Crippen molar-refractivity contribution in [2.45, 2.75) is 20.8 Å². The summed E-state index contributed by atoms with van der Waals surface area (Å²) in [6.07, 6.45) is 3.71. The molecule has 4 nitrogen and oxygen atoms in total. The molecule has 0 saturated carbocycles. The number of aryl methyl sites for hydroxylation is 2. The van der Waals surface area contributed by atoms with E-state index < -0.39 is 0 Å². The molecule has 0 saturated heterocycles. The van der Waals surface area contributed by atoms with Gasteiger partial charge in [-0.3, -0.25) is 4.98 Å². The fourth-order valence-electron chi connectivity index (χ4n) is 3.46. The molecule has 4 aromatic rings. The smallest absolute Gasteiger partial charge is 0.0730 e. The molecule has 2 heterocycles. The Balaban J connectivity index is 1.82. The number of nitrogens with zero attached hydrogens (tertiary/aromatic N) is 1. The van der Waals surface area contributed by atoms with Gasteiger partial charge in [-0.05, 0) is 68.3 Å². The third-order valence-electron chi connectivity index (χ3n) is 5.14. The van der Waals surface area contributed by atoms with E-state index in [0.29, 0.717) is 5.71 Å². The lowest BCUT2D eigenvalue weighted by Gasteiger charge is -2.12. The SMILES string of the molecule is CN/C(=C\C(C)=N)c1csc2cc3c(Nc4ccc(C)c(C)c4)ccnc3cc12. The van der Waals surface area contributed by atoms with Crippen molar-refractivity contribution in [3.05, 3.63) is 70.7 Å². The lowest BCUT2D eigenvalue weighted by Crippen LogP contribution is -2.05. The van der Waals surface area contributed by atoms with Crippen LogP contribution in [0.5, 0.6) is 0 Å². The summed E-state index contributed by atoms with van der Waals surface area (Å²) in [5, 5.41) is 19.0. The third-order valence-corrected chi connectivity index (χ3v) is 6.09. The van der Waals surface area contributed by atoms with Crippen molar-refractivity contribution in [3.8, 4) is 0 Å². The highest BCUT2D eigenvalue weighted by atomic mass is 32.1. The molecule has 0 aliphatic heterocycles. The zero-order valence-electron chi connectivity index (χ0n) is 17.1. The maximum Gasteiger partial charge on any atom is 0.0730 e. The van der Waals surface area contributed by atoms with Gasteiger partial charge in [-0.2, -0.15) is 0 Å². The van der Waals surface area contributed by atoms with Crippen LogP contribution in [0.1, 0.15) is 23.6 Å². The van der Waals surface area contributed by atoms with E-state index in [-0.39, 0.29) is 0 Å². The number of rotatable bonds is 5. The van der Waals surface area contributed by atoms with E-state index in [1.54, 1.807) is 18.3 Å². The lowest BCUT2D eigenvalue weighted by atomic mass is 10.1. The Labute approximate surface area is 174 Å². The fraction of sp³-hybridized carbons (Fsp3) is 0.167. The number of benzene rings is 2. The number of pyridine rings is 1. The molecule has 0 aliphatic carbocycles. The van der Waals surface area contributed by atoms with Gasteiger partial charge in [0, 0.05) is 62.4 Å². The minimum Gasteiger partial charge on any atom is -0.388 e. The molecular formula is C24H24N4S. The summed E-state index contributed by atoms with van der Waals surface area (Å²) < 4.78 is 1.20. The van der Waals surface area contributed by atoms with Gasteiger partial charge in [-0.1, -0.05) is 6.07 Å². The van der Waals surface area contributed by atoms with E-state index in [0.717, 1.165) is 38.9 Å². The Morgan fingerprint density at radius 3 is 2.62 bits per heavy atom. The highest BCUT2D eigenvalue weighted by Crippen LogP contribution is 2.35. The van der Waals surface area contributed by atoms with Crippen molar-refractivity contribution in [2.75, 3.05) is 12.4 Å². The molecule has 0 aliphatic rings. The Hall–Kier alpha value is -3.18. The maximum absolute atomic E-state index is 7.80. The highest BCUT2D eigenvalue weighted by Gasteiger charge is 2.12. The van der Waals surface area contributed by atoms with Crippen LogP contribution in [-0.2, 0) is 0 Å². The number of allylic oxidation sites excluding steroid dienone is 1. The number of nitrogens with one attached hydrogen (secondary N) is 3. The standard InChI is InChI=1S/C24H24N4S/c1-14-5-6-17(9-15(14)2)28-21-7-8-27-23-11-18-20(22(26-4)10-16(3)25)13-29-24(18)12-19(21)23/h5-13,25-26H,1-4H3,(H,27,28)/b22-10-,25-16?. The largest absolute Gasteiger partial charge is 0.388 e. The third kappa shape index (κ3) is 3.74. The van der Waals surface area contributed by atoms with Gasteiger partial charge in [0.1, 0.15) is 0 Å². The monoisotopic (exact) mass is 400 g/mol. The molecule has 0 amide bonds. The highest BCUT2D eigenvalue weighted by molar-refractivity contribution is 7.17. The zero-order valence-corrected chi connectivity index (χ0v) is 17.9. The van der Waals surface area contributed by atoms with Gasteiger partial charge in [0.15, 0.2) is 0 Å². The molecule has 0 unspecified atom stereocenters. The normalized spacial score (nSPS) is 11.8. The first-order chi connectivity index (χ1) is 14.0. The number of hydrogen-bond donors (Lipinski definition) is 3. The Bertz CT molecular complexity index is 1270. The first-order valence-corrected chi connectivity index (χ1v) is 10.4. The molecule has 0 spiro atoms. The van der Waals surface area contributed by atoms with E-state index in [1.807, 2.05) is 25.4 Å². The second-order valence-corrected chi connectivity index (χ2v) is 8.20. The Morgan fingerprint density at radius 2 is 1.90 bits per heavy atom. The maximum atomic E-state index is 7.80. The minimum atomic E-state index is 0.521. The van der Waals surface area contributed by atoms with Crippen LogP contribution in [0.2, 0.25) is 0 Å². The second-order valence-electron chi connectivity index (χ2n) is 7.29. The van der Waals surface area contributed by atoms with Gasteiger partial charge < -0.3 is 16.0 Å². The number of thiophene rings is 1. The van der Waals surface area contributed by atoms with E-state index in [2.05, 4.69) is 65.2 Å². The van der Waals surface area contributed by atoms with Crippen molar-refractivity contribution >= 4 is 55.1 Å². The Kier molecular flexibility index (Phi) is 5.07. The molecule has 0 atom stereocenters. The topological polar surface area (TPSA) is 60.8 Å². The number of anilines is 2. The van der Waals surface area contributed by atoms with Crippen LogP contribution < -0.4 is 10.6 Å². The quantitative estimate of drug-likeness (QED) is 0.339. The molecule has 5 heteroatoms. The van der Waals surface area contributed by atoms with Crippen molar-refractivity contribution in [3.63, 3.8) is 0 Å². The summed E-state index contributed by atoms with van der Waals surface area (Å²) in [5.74, 6) is 0. The number of fused-ring (bicyclic) bond motifs is 2. The minimum absolute atomic E-state index is 0.521. The van der Waals surface area contributed by atoms with Gasteiger partial charge in [-0.15, -0.1) is 11.3 Å². The summed E-state index contributed by atoms with van der Waals surface area (Å²) in [6, 6.07) is 12.8. The van der Waals surface area contributed by atoms with Gasteiger partial charge >= 0.3 is 0 Å². The van der Waals surface area contributed by atoms with Crippen LogP contribution in [-0.4, -0.2) is 17.7 Å². The Morgan fingerprint density at radius 1 is 1.07 bits per heavy atom. The molecule has 146 valence electrons. The first-order valence-electron chi connectivity index (χ1n) is 9.55. The van der Waals surface area contributed by atoms with Crippen LogP contribution in [0.15, 0.2) is 54.1 Å². The number of aromatic nitrogens is 1. The van der Waals surface area contributed by atoms with Gasteiger partial charge in [0.2, 0.25) is 0 Å². The van der Waals surface area contributed by atoms with Crippen molar-refractivity contribution < 1.29 is 0 Å². The summed E-state index contributed by atoms with van der Waals surface area (Å²) >= 11 is 1.71. The first kappa shape index (κ1) is 19.2. The van der Waals surface area contributed by atoms with E-state index >= 15 is 0 Å².